The van der Waals surface area contributed by atoms with Gasteiger partial charge in [-0.1, -0.05) is 12.1 Å². The van der Waals surface area contributed by atoms with Gasteiger partial charge in [-0.25, -0.2) is 14.6 Å². The summed E-state index contributed by atoms with van der Waals surface area (Å²) < 4.78 is 10.1. The SMILES string of the molecule is COC(=O)c1ccccc1NC(=O)N1CCCN(Cc2csc(C(C)OC)n2)CC1. The number of carbonyl (C=O) groups is 2. The van der Waals surface area contributed by atoms with E-state index in [9.17, 15) is 9.59 Å². The van der Waals surface area contributed by atoms with E-state index < -0.39 is 5.97 Å². The second-order valence-corrected chi connectivity index (χ2v) is 8.03. The van der Waals surface area contributed by atoms with Gasteiger partial charge in [-0.2, -0.15) is 0 Å². The number of methoxy groups -OCH3 is 2. The minimum atomic E-state index is -0.474. The van der Waals surface area contributed by atoms with Gasteiger partial charge in [0.1, 0.15) is 11.1 Å². The van der Waals surface area contributed by atoms with Crippen LogP contribution in [0.25, 0.3) is 0 Å². The first-order valence-electron chi connectivity index (χ1n) is 9.94. The van der Waals surface area contributed by atoms with Gasteiger partial charge in [0.25, 0.3) is 0 Å². The van der Waals surface area contributed by atoms with E-state index in [0.29, 0.717) is 24.3 Å². The smallest absolute Gasteiger partial charge is 0.339 e. The molecule has 0 bridgehead atoms. The molecule has 9 heteroatoms. The number of thiazole rings is 1. The number of para-hydroxylation sites is 1. The van der Waals surface area contributed by atoms with Crippen molar-refractivity contribution in [1.29, 1.82) is 0 Å². The number of aromatic nitrogens is 1. The highest BCUT2D eigenvalue weighted by Gasteiger charge is 2.22. The molecular formula is C21H28N4O4S. The van der Waals surface area contributed by atoms with Crippen LogP contribution in [0.3, 0.4) is 0 Å². The van der Waals surface area contributed by atoms with E-state index in [1.807, 2.05) is 6.92 Å². The summed E-state index contributed by atoms with van der Waals surface area (Å²) in [4.78, 5) is 33.5. The molecule has 2 amide bonds. The molecule has 8 nitrogen and oxygen atoms in total. The summed E-state index contributed by atoms with van der Waals surface area (Å²) in [7, 11) is 3.01. The van der Waals surface area contributed by atoms with Crippen molar-refractivity contribution in [2.45, 2.75) is 26.0 Å². The first-order chi connectivity index (χ1) is 14.5. The average molecular weight is 433 g/mol. The third kappa shape index (κ3) is 5.56. The molecule has 1 saturated heterocycles. The van der Waals surface area contributed by atoms with Gasteiger partial charge < -0.3 is 19.7 Å². The van der Waals surface area contributed by atoms with E-state index in [2.05, 4.69) is 20.6 Å². The van der Waals surface area contributed by atoms with E-state index in [0.717, 1.165) is 36.8 Å². The van der Waals surface area contributed by atoms with Crippen molar-refractivity contribution >= 4 is 29.0 Å². The van der Waals surface area contributed by atoms with Crippen LogP contribution in [-0.2, 0) is 16.0 Å². The summed E-state index contributed by atoms with van der Waals surface area (Å²) in [6.07, 6.45) is 0.872. The summed E-state index contributed by atoms with van der Waals surface area (Å²) in [5, 5.41) is 5.91. The van der Waals surface area contributed by atoms with Crippen LogP contribution in [0.5, 0.6) is 0 Å². The second kappa shape index (κ2) is 10.5. The standard InChI is InChI=1S/C21H28N4O4S/c1-15(28-2)19-22-16(14-30-19)13-24-9-6-10-25(12-11-24)21(27)23-18-8-5-4-7-17(18)20(26)29-3/h4-5,7-8,14-15H,6,9-13H2,1-3H3,(H,23,27). The molecule has 2 heterocycles. The lowest BCUT2D eigenvalue weighted by Gasteiger charge is -2.22. The number of hydrogen-bond donors (Lipinski definition) is 1. The molecule has 1 aliphatic heterocycles. The number of urea groups is 1. The van der Waals surface area contributed by atoms with Crippen molar-refractivity contribution in [2.75, 3.05) is 45.7 Å². The number of hydrogen-bond acceptors (Lipinski definition) is 7. The summed E-state index contributed by atoms with van der Waals surface area (Å²) in [5.74, 6) is -0.474. The number of carbonyl (C=O) groups excluding carboxylic acids is 2. The third-order valence-corrected chi connectivity index (χ3v) is 6.16. The highest BCUT2D eigenvalue weighted by atomic mass is 32.1. The van der Waals surface area contributed by atoms with Crippen LogP contribution in [-0.4, -0.2) is 67.2 Å². The van der Waals surface area contributed by atoms with Gasteiger partial charge in [0.15, 0.2) is 0 Å². The van der Waals surface area contributed by atoms with Gasteiger partial charge in [0.2, 0.25) is 0 Å². The molecule has 1 atom stereocenters. The van der Waals surface area contributed by atoms with Crippen LogP contribution in [0.4, 0.5) is 10.5 Å². The van der Waals surface area contributed by atoms with Gasteiger partial charge in [-0.05, 0) is 25.5 Å². The van der Waals surface area contributed by atoms with Gasteiger partial charge in [0.05, 0.1) is 24.1 Å². The predicted molar refractivity (Wildman–Crippen MR) is 116 cm³/mol. The Morgan fingerprint density at radius 1 is 1.20 bits per heavy atom. The monoisotopic (exact) mass is 432 g/mol. The van der Waals surface area contributed by atoms with Crippen molar-refractivity contribution in [3.8, 4) is 0 Å². The zero-order valence-corrected chi connectivity index (χ0v) is 18.4. The zero-order valence-electron chi connectivity index (χ0n) is 17.6. The number of nitrogens with zero attached hydrogens (tertiary/aromatic N) is 3. The van der Waals surface area contributed by atoms with Crippen molar-refractivity contribution in [1.82, 2.24) is 14.8 Å². The average Bonchev–Trinajstić information content (AvgIpc) is 3.10. The Morgan fingerprint density at radius 3 is 2.77 bits per heavy atom. The maximum Gasteiger partial charge on any atom is 0.339 e. The highest BCUT2D eigenvalue weighted by Crippen LogP contribution is 2.22. The molecule has 1 N–H and O–H groups in total. The van der Waals surface area contributed by atoms with Gasteiger partial charge >= 0.3 is 12.0 Å². The number of nitrogens with one attached hydrogen (secondary N) is 1. The molecule has 2 aromatic rings. The Kier molecular flexibility index (Phi) is 7.78. The fourth-order valence-electron chi connectivity index (χ4n) is 3.32. The number of amides is 2. The summed E-state index contributed by atoms with van der Waals surface area (Å²) in [6.45, 7) is 5.67. The Morgan fingerprint density at radius 2 is 2.00 bits per heavy atom. The first-order valence-corrected chi connectivity index (χ1v) is 10.8. The van der Waals surface area contributed by atoms with Crippen molar-refractivity contribution < 1.29 is 19.1 Å². The van der Waals surface area contributed by atoms with E-state index in [4.69, 9.17) is 9.47 Å². The molecule has 0 aliphatic carbocycles. The fraction of sp³-hybridized carbons (Fsp3) is 0.476. The molecule has 0 radical (unpaired) electrons. The molecular weight excluding hydrogens is 404 g/mol. The van der Waals surface area contributed by atoms with Crippen LogP contribution in [0, 0.1) is 0 Å². The normalized spacial score (nSPS) is 16.0. The van der Waals surface area contributed by atoms with Crippen LogP contribution >= 0.6 is 11.3 Å². The minimum absolute atomic E-state index is 0.0000569. The molecule has 30 heavy (non-hydrogen) atoms. The molecule has 1 aromatic carbocycles. The number of ether oxygens (including phenoxy) is 2. The van der Waals surface area contributed by atoms with Gasteiger partial charge in [0, 0.05) is 45.2 Å². The number of benzene rings is 1. The van der Waals surface area contributed by atoms with Crippen LogP contribution in [0.1, 0.15) is 40.5 Å². The van der Waals surface area contributed by atoms with E-state index in [1.54, 1.807) is 47.6 Å². The first kappa shape index (κ1) is 22.2. The van der Waals surface area contributed by atoms with E-state index in [-0.39, 0.29) is 12.1 Å². The minimum Gasteiger partial charge on any atom is -0.465 e. The Bertz CT molecular complexity index is 872. The quantitative estimate of drug-likeness (QED) is 0.705. The third-order valence-electron chi connectivity index (χ3n) is 5.11. The van der Waals surface area contributed by atoms with Gasteiger partial charge in [-0.15, -0.1) is 11.3 Å². The largest absolute Gasteiger partial charge is 0.465 e. The molecule has 1 unspecified atom stereocenters. The van der Waals surface area contributed by atoms with Crippen LogP contribution < -0.4 is 5.32 Å². The van der Waals surface area contributed by atoms with Crippen LogP contribution in [0.2, 0.25) is 0 Å². The maximum atomic E-state index is 12.8. The Balaban J connectivity index is 1.57. The topological polar surface area (TPSA) is 84.0 Å². The van der Waals surface area contributed by atoms with E-state index >= 15 is 0 Å². The zero-order chi connectivity index (χ0) is 21.5. The number of esters is 1. The van der Waals surface area contributed by atoms with Crippen molar-refractivity contribution in [3.63, 3.8) is 0 Å². The maximum absolute atomic E-state index is 12.8. The lowest BCUT2D eigenvalue weighted by atomic mass is 10.2. The lowest BCUT2D eigenvalue weighted by Crippen LogP contribution is -2.38. The summed E-state index contributed by atoms with van der Waals surface area (Å²) in [5.41, 5.74) is 1.83. The fourth-order valence-corrected chi connectivity index (χ4v) is 4.16. The summed E-state index contributed by atoms with van der Waals surface area (Å²) in [6, 6.07) is 6.65. The van der Waals surface area contributed by atoms with Crippen molar-refractivity contribution in [2.24, 2.45) is 0 Å². The van der Waals surface area contributed by atoms with E-state index in [1.165, 1.54) is 7.11 Å². The van der Waals surface area contributed by atoms with Gasteiger partial charge in [-0.3, -0.25) is 4.90 Å². The molecule has 1 aliphatic rings. The molecule has 3 rings (SSSR count). The molecule has 1 aromatic heterocycles. The molecule has 0 spiro atoms. The Hall–Kier alpha value is -2.49. The molecule has 0 saturated carbocycles. The second-order valence-electron chi connectivity index (χ2n) is 7.14. The van der Waals surface area contributed by atoms with Crippen LogP contribution in [0.15, 0.2) is 29.6 Å². The molecule has 162 valence electrons. The van der Waals surface area contributed by atoms with Crippen molar-refractivity contribution in [3.05, 3.63) is 45.9 Å². The number of anilines is 1. The Labute approximate surface area is 180 Å². The lowest BCUT2D eigenvalue weighted by molar-refractivity contribution is 0.0602. The predicted octanol–water partition coefficient (Wildman–Crippen LogP) is 3.38. The summed E-state index contributed by atoms with van der Waals surface area (Å²) >= 11 is 1.61. The number of rotatable bonds is 6. The molecule has 1 fully saturated rings. The highest BCUT2D eigenvalue weighted by molar-refractivity contribution is 7.09.